The van der Waals surface area contributed by atoms with Gasteiger partial charge in [0.15, 0.2) is 6.19 Å². The zero-order valence-electron chi connectivity index (χ0n) is 7.95. The Hall–Kier alpha value is -0.750. The van der Waals surface area contributed by atoms with Crippen LogP contribution in [0.4, 0.5) is 0 Å². The van der Waals surface area contributed by atoms with Crippen molar-refractivity contribution in [2.75, 3.05) is 33.7 Å². The lowest BCUT2D eigenvalue weighted by atomic mass is 9.97. The highest BCUT2D eigenvalue weighted by atomic mass is 15.1. The molecule has 1 rings (SSSR count). The summed E-state index contributed by atoms with van der Waals surface area (Å²) in [6, 6.07) is 0. The third-order valence-corrected chi connectivity index (χ3v) is 2.38. The number of nitrogens with zero attached hydrogens (tertiary/aromatic N) is 3. The van der Waals surface area contributed by atoms with Crippen molar-refractivity contribution >= 4 is 0 Å². The summed E-state index contributed by atoms with van der Waals surface area (Å²) in [7, 11) is 4.22. The van der Waals surface area contributed by atoms with Crippen LogP contribution in [0.25, 0.3) is 0 Å². The summed E-state index contributed by atoms with van der Waals surface area (Å²) in [5.41, 5.74) is 0. The van der Waals surface area contributed by atoms with Gasteiger partial charge in [0.25, 0.3) is 0 Å². The van der Waals surface area contributed by atoms with Crippen LogP contribution in [0, 0.1) is 17.4 Å². The highest BCUT2D eigenvalue weighted by Gasteiger charge is 2.18. The van der Waals surface area contributed by atoms with E-state index in [1.165, 1.54) is 19.4 Å². The Morgan fingerprint density at radius 3 is 2.42 bits per heavy atom. The van der Waals surface area contributed by atoms with Crippen LogP contribution in [0.2, 0.25) is 0 Å². The van der Waals surface area contributed by atoms with E-state index in [0.717, 1.165) is 19.0 Å². The molecule has 0 saturated carbocycles. The van der Waals surface area contributed by atoms with Gasteiger partial charge >= 0.3 is 0 Å². The van der Waals surface area contributed by atoms with Gasteiger partial charge in [-0.2, -0.15) is 5.26 Å². The van der Waals surface area contributed by atoms with Crippen LogP contribution in [-0.2, 0) is 0 Å². The monoisotopic (exact) mass is 167 g/mol. The summed E-state index contributed by atoms with van der Waals surface area (Å²) in [5.74, 6) is 0.796. The second kappa shape index (κ2) is 4.32. The number of likely N-dealkylation sites (tertiary alicyclic amines) is 1. The van der Waals surface area contributed by atoms with E-state index in [9.17, 15) is 0 Å². The molecule has 0 bridgehead atoms. The van der Waals surface area contributed by atoms with E-state index in [-0.39, 0.29) is 0 Å². The summed E-state index contributed by atoms with van der Waals surface area (Å²) < 4.78 is 0. The molecule has 0 radical (unpaired) electrons. The van der Waals surface area contributed by atoms with Crippen LogP contribution in [0.3, 0.4) is 0 Å². The Morgan fingerprint density at radius 1 is 1.42 bits per heavy atom. The minimum atomic E-state index is 0.796. The van der Waals surface area contributed by atoms with Crippen molar-refractivity contribution in [2.45, 2.75) is 12.8 Å². The first-order chi connectivity index (χ1) is 5.72. The smallest absolute Gasteiger partial charge is 0.179 e. The predicted molar refractivity (Wildman–Crippen MR) is 48.5 cm³/mol. The third-order valence-electron chi connectivity index (χ3n) is 2.38. The van der Waals surface area contributed by atoms with Gasteiger partial charge in [-0.3, -0.25) is 0 Å². The van der Waals surface area contributed by atoms with Crippen molar-refractivity contribution in [1.29, 1.82) is 5.26 Å². The number of nitriles is 1. The van der Waals surface area contributed by atoms with Crippen molar-refractivity contribution < 1.29 is 0 Å². The number of hydrogen-bond donors (Lipinski definition) is 0. The Bertz CT molecular complexity index is 163. The van der Waals surface area contributed by atoms with E-state index >= 15 is 0 Å². The number of rotatable bonds is 2. The first-order valence-electron chi connectivity index (χ1n) is 4.52. The molecule has 0 unspecified atom stereocenters. The summed E-state index contributed by atoms with van der Waals surface area (Å²) in [4.78, 5) is 4.08. The Balaban J connectivity index is 2.23. The number of piperidine rings is 1. The average Bonchev–Trinajstić information content (AvgIpc) is 2.05. The van der Waals surface area contributed by atoms with E-state index in [2.05, 4.69) is 25.2 Å². The van der Waals surface area contributed by atoms with Gasteiger partial charge in [0.2, 0.25) is 0 Å². The van der Waals surface area contributed by atoms with Gasteiger partial charge in [-0.05, 0) is 32.9 Å². The van der Waals surface area contributed by atoms with E-state index in [1.807, 2.05) is 4.90 Å². The first kappa shape index (κ1) is 9.34. The average molecular weight is 167 g/mol. The van der Waals surface area contributed by atoms with E-state index in [0.29, 0.717) is 0 Å². The van der Waals surface area contributed by atoms with Crippen LogP contribution in [0.5, 0.6) is 0 Å². The quantitative estimate of drug-likeness (QED) is 0.568. The summed E-state index contributed by atoms with van der Waals surface area (Å²) in [6.07, 6.45) is 4.54. The van der Waals surface area contributed by atoms with Crippen LogP contribution < -0.4 is 0 Å². The lowest BCUT2D eigenvalue weighted by Gasteiger charge is -2.29. The van der Waals surface area contributed by atoms with Gasteiger partial charge in [0, 0.05) is 19.6 Å². The van der Waals surface area contributed by atoms with Gasteiger partial charge in [0.1, 0.15) is 0 Å². The van der Waals surface area contributed by atoms with Crippen molar-refractivity contribution in [1.82, 2.24) is 9.80 Å². The molecule has 1 heterocycles. The third kappa shape index (κ3) is 2.71. The van der Waals surface area contributed by atoms with Crippen molar-refractivity contribution in [3.8, 4) is 6.19 Å². The molecule has 12 heavy (non-hydrogen) atoms. The second-order valence-electron chi connectivity index (χ2n) is 3.79. The Labute approximate surface area is 74.6 Å². The summed E-state index contributed by atoms with van der Waals surface area (Å²) >= 11 is 0. The summed E-state index contributed by atoms with van der Waals surface area (Å²) in [6.45, 7) is 3.07. The molecule has 0 aromatic rings. The standard InChI is InChI=1S/C9H17N3/c1-11(2)7-9-3-5-12(8-10)6-4-9/h9H,3-7H2,1-2H3. The van der Waals surface area contributed by atoms with Gasteiger partial charge in [-0.25, -0.2) is 0 Å². The molecule has 0 spiro atoms. The Kier molecular flexibility index (Phi) is 3.36. The molecule has 68 valence electrons. The largest absolute Gasteiger partial charge is 0.311 e. The van der Waals surface area contributed by atoms with E-state index < -0.39 is 0 Å². The molecule has 1 saturated heterocycles. The molecule has 1 aliphatic rings. The molecule has 1 aliphatic heterocycles. The maximum atomic E-state index is 8.62. The van der Waals surface area contributed by atoms with Gasteiger partial charge in [-0.1, -0.05) is 0 Å². The van der Waals surface area contributed by atoms with Crippen LogP contribution in [0.15, 0.2) is 0 Å². The number of hydrogen-bond acceptors (Lipinski definition) is 3. The fraction of sp³-hybridized carbons (Fsp3) is 0.889. The van der Waals surface area contributed by atoms with Gasteiger partial charge in [-0.15, -0.1) is 0 Å². The van der Waals surface area contributed by atoms with Gasteiger partial charge < -0.3 is 9.80 Å². The molecule has 0 aromatic heterocycles. The highest BCUT2D eigenvalue weighted by Crippen LogP contribution is 2.16. The lowest BCUT2D eigenvalue weighted by Crippen LogP contribution is -2.34. The molecule has 1 fully saturated rings. The molecule has 0 aromatic carbocycles. The van der Waals surface area contributed by atoms with Crippen molar-refractivity contribution in [2.24, 2.45) is 5.92 Å². The van der Waals surface area contributed by atoms with E-state index in [1.54, 1.807) is 0 Å². The van der Waals surface area contributed by atoms with Gasteiger partial charge in [0.05, 0.1) is 0 Å². The minimum absolute atomic E-state index is 0.796. The maximum absolute atomic E-state index is 8.62. The van der Waals surface area contributed by atoms with Crippen molar-refractivity contribution in [3.63, 3.8) is 0 Å². The fourth-order valence-electron chi connectivity index (χ4n) is 1.73. The first-order valence-corrected chi connectivity index (χ1v) is 4.52. The molecule has 0 N–H and O–H groups in total. The zero-order chi connectivity index (χ0) is 8.97. The molecule has 0 aliphatic carbocycles. The van der Waals surface area contributed by atoms with Crippen LogP contribution in [-0.4, -0.2) is 43.5 Å². The predicted octanol–water partition coefficient (Wildman–Crippen LogP) is 0.741. The topological polar surface area (TPSA) is 30.3 Å². The van der Waals surface area contributed by atoms with Crippen LogP contribution >= 0.6 is 0 Å². The zero-order valence-corrected chi connectivity index (χ0v) is 7.95. The fourth-order valence-corrected chi connectivity index (χ4v) is 1.73. The highest BCUT2D eigenvalue weighted by molar-refractivity contribution is 4.81. The molecule has 3 heteroatoms. The second-order valence-corrected chi connectivity index (χ2v) is 3.79. The normalized spacial score (nSPS) is 19.7. The summed E-state index contributed by atoms with van der Waals surface area (Å²) in [5, 5.41) is 8.62. The molecular formula is C9H17N3. The van der Waals surface area contributed by atoms with E-state index in [4.69, 9.17) is 5.26 Å². The Morgan fingerprint density at radius 2 is 2.00 bits per heavy atom. The molecule has 3 nitrogen and oxygen atoms in total. The molecule has 0 amide bonds. The minimum Gasteiger partial charge on any atom is -0.311 e. The van der Waals surface area contributed by atoms with Crippen LogP contribution in [0.1, 0.15) is 12.8 Å². The van der Waals surface area contributed by atoms with Crippen molar-refractivity contribution in [3.05, 3.63) is 0 Å². The molecular weight excluding hydrogens is 150 g/mol. The lowest BCUT2D eigenvalue weighted by molar-refractivity contribution is 0.210. The molecule has 0 atom stereocenters. The maximum Gasteiger partial charge on any atom is 0.179 e. The SMILES string of the molecule is CN(C)CC1CCN(C#N)CC1.